The summed E-state index contributed by atoms with van der Waals surface area (Å²) in [7, 11) is 0. The number of ether oxygens (including phenoxy) is 1. The van der Waals surface area contributed by atoms with E-state index in [0.717, 1.165) is 16.4 Å². The number of hydrogen-bond acceptors (Lipinski definition) is 5. The summed E-state index contributed by atoms with van der Waals surface area (Å²) in [5.41, 5.74) is 2.91. The van der Waals surface area contributed by atoms with Gasteiger partial charge in [0, 0.05) is 5.38 Å². The highest BCUT2D eigenvalue weighted by Crippen LogP contribution is 2.19. The van der Waals surface area contributed by atoms with Gasteiger partial charge in [0.25, 0.3) is 0 Å². The van der Waals surface area contributed by atoms with Crippen LogP contribution < -0.4 is 10.1 Å². The van der Waals surface area contributed by atoms with Crippen molar-refractivity contribution in [2.45, 2.75) is 20.3 Å². The van der Waals surface area contributed by atoms with Gasteiger partial charge >= 0.3 is 5.97 Å². The molecule has 0 spiro atoms. The highest BCUT2D eigenvalue weighted by atomic mass is 32.1. The number of rotatable bonds is 7. The van der Waals surface area contributed by atoms with Crippen LogP contribution in [0.4, 0.5) is 5.13 Å². The fourth-order valence-corrected chi connectivity index (χ4v) is 2.64. The Morgan fingerprint density at radius 2 is 2.24 bits per heavy atom. The number of aromatic nitrogens is 1. The molecule has 1 aromatic heterocycles. The molecule has 0 fully saturated rings. The molecule has 2 aromatic rings. The smallest absolute Gasteiger partial charge is 0.309 e. The van der Waals surface area contributed by atoms with Crippen LogP contribution in [-0.2, 0) is 11.2 Å². The molecule has 0 saturated heterocycles. The van der Waals surface area contributed by atoms with Gasteiger partial charge in [0.1, 0.15) is 12.4 Å². The number of carboxylic acids is 1. The van der Waals surface area contributed by atoms with Crippen LogP contribution in [0.2, 0.25) is 0 Å². The third kappa shape index (κ3) is 4.75. The summed E-state index contributed by atoms with van der Waals surface area (Å²) in [5.74, 6) is 0.0122. The Kier molecular flexibility index (Phi) is 5.16. The van der Waals surface area contributed by atoms with Crippen molar-refractivity contribution < 1.29 is 14.6 Å². The number of carbonyl (C=O) groups is 1. The van der Waals surface area contributed by atoms with Crippen molar-refractivity contribution >= 4 is 22.4 Å². The first-order valence-electron chi connectivity index (χ1n) is 6.64. The van der Waals surface area contributed by atoms with E-state index in [-0.39, 0.29) is 6.42 Å². The van der Waals surface area contributed by atoms with Gasteiger partial charge in [-0.1, -0.05) is 17.7 Å². The summed E-state index contributed by atoms with van der Waals surface area (Å²) in [6, 6.07) is 6.08. The van der Waals surface area contributed by atoms with Crippen LogP contribution in [-0.4, -0.2) is 29.2 Å². The van der Waals surface area contributed by atoms with E-state index in [9.17, 15) is 4.79 Å². The van der Waals surface area contributed by atoms with Gasteiger partial charge in [-0.25, -0.2) is 4.98 Å². The van der Waals surface area contributed by atoms with E-state index in [2.05, 4.69) is 23.3 Å². The van der Waals surface area contributed by atoms with Gasteiger partial charge in [-0.2, -0.15) is 0 Å². The van der Waals surface area contributed by atoms with Crippen LogP contribution in [0, 0.1) is 13.8 Å². The molecular weight excluding hydrogens is 288 g/mol. The molecule has 2 rings (SSSR count). The van der Waals surface area contributed by atoms with Gasteiger partial charge < -0.3 is 15.2 Å². The summed E-state index contributed by atoms with van der Waals surface area (Å²) in [6.45, 7) is 5.22. The number of hydrogen-bond donors (Lipinski definition) is 2. The van der Waals surface area contributed by atoms with Crippen molar-refractivity contribution in [2.24, 2.45) is 0 Å². The molecule has 0 saturated carbocycles. The van der Waals surface area contributed by atoms with Crippen molar-refractivity contribution in [3.63, 3.8) is 0 Å². The maximum atomic E-state index is 10.6. The van der Waals surface area contributed by atoms with Gasteiger partial charge in [0.2, 0.25) is 0 Å². The van der Waals surface area contributed by atoms with Gasteiger partial charge in [-0.3, -0.25) is 4.79 Å². The Bertz CT molecular complexity index is 625. The second-order valence-electron chi connectivity index (χ2n) is 4.76. The van der Waals surface area contributed by atoms with Crippen LogP contribution in [0.3, 0.4) is 0 Å². The topological polar surface area (TPSA) is 71.5 Å². The maximum absolute atomic E-state index is 10.6. The quantitative estimate of drug-likeness (QED) is 0.770. The van der Waals surface area contributed by atoms with E-state index >= 15 is 0 Å². The third-order valence-corrected chi connectivity index (χ3v) is 3.70. The molecule has 5 nitrogen and oxygen atoms in total. The Morgan fingerprint density at radius 1 is 1.43 bits per heavy atom. The highest BCUT2D eigenvalue weighted by Gasteiger charge is 2.06. The number of thiazole rings is 1. The number of benzene rings is 1. The van der Waals surface area contributed by atoms with Crippen molar-refractivity contribution in [1.82, 2.24) is 4.98 Å². The second-order valence-corrected chi connectivity index (χ2v) is 5.62. The van der Waals surface area contributed by atoms with E-state index in [1.165, 1.54) is 16.9 Å². The van der Waals surface area contributed by atoms with E-state index < -0.39 is 5.97 Å². The molecule has 6 heteroatoms. The lowest BCUT2D eigenvalue weighted by atomic mass is 10.1. The fraction of sp³-hybridized carbons (Fsp3) is 0.333. The van der Waals surface area contributed by atoms with Gasteiger partial charge in [0.05, 0.1) is 18.7 Å². The molecular formula is C15H18N2O3S. The minimum absolute atomic E-state index is 0.0444. The maximum Gasteiger partial charge on any atom is 0.309 e. The van der Waals surface area contributed by atoms with Crippen molar-refractivity contribution in [3.05, 3.63) is 40.4 Å². The molecule has 0 unspecified atom stereocenters. The lowest BCUT2D eigenvalue weighted by Gasteiger charge is -2.09. The first-order valence-corrected chi connectivity index (χ1v) is 7.52. The average molecular weight is 306 g/mol. The first kappa shape index (κ1) is 15.3. The van der Waals surface area contributed by atoms with Crippen LogP contribution in [0.15, 0.2) is 23.6 Å². The van der Waals surface area contributed by atoms with Crippen LogP contribution in [0.1, 0.15) is 16.8 Å². The predicted octanol–water partition coefficient (Wildman–Crippen LogP) is 2.88. The Labute approximate surface area is 127 Å². The largest absolute Gasteiger partial charge is 0.491 e. The molecule has 21 heavy (non-hydrogen) atoms. The standard InChI is InChI=1S/C15H18N2O3S/c1-10-3-4-13(11(2)7-10)20-6-5-16-15-17-12(9-21-15)8-14(18)19/h3-4,7,9H,5-6,8H2,1-2H3,(H,16,17)(H,18,19). The summed E-state index contributed by atoms with van der Waals surface area (Å²) in [4.78, 5) is 14.8. The molecule has 0 amide bonds. The summed E-state index contributed by atoms with van der Waals surface area (Å²) in [5, 5.41) is 14.3. The molecule has 1 heterocycles. The molecule has 0 atom stereocenters. The first-order chi connectivity index (χ1) is 10.0. The highest BCUT2D eigenvalue weighted by molar-refractivity contribution is 7.13. The normalized spacial score (nSPS) is 10.4. The minimum Gasteiger partial charge on any atom is -0.491 e. The summed E-state index contributed by atoms with van der Waals surface area (Å²) < 4.78 is 5.71. The number of nitrogens with zero attached hydrogens (tertiary/aromatic N) is 1. The predicted molar refractivity (Wildman–Crippen MR) is 83.4 cm³/mol. The Balaban J connectivity index is 1.76. The van der Waals surface area contributed by atoms with E-state index in [1.807, 2.05) is 19.1 Å². The molecule has 2 N–H and O–H groups in total. The zero-order chi connectivity index (χ0) is 15.2. The molecule has 0 bridgehead atoms. The van der Waals surface area contributed by atoms with Crippen molar-refractivity contribution in [3.8, 4) is 5.75 Å². The lowest BCUT2D eigenvalue weighted by molar-refractivity contribution is -0.136. The zero-order valence-electron chi connectivity index (χ0n) is 12.0. The lowest BCUT2D eigenvalue weighted by Crippen LogP contribution is -2.12. The second kappa shape index (κ2) is 7.08. The SMILES string of the molecule is Cc1ccc(OCCNc2nc(CC(=O)O)cs2)c(C)c1. The molecule has 0 radical (unpaired) electrons. The molecule has 0 aliphatic carbocycles. The molecule has 0 aliphatic rings. The van der Waals surface area contributed by atoms with Crippen LogP contribution in [0.5, 0.6) is 5.75 Å². The number of carboxylic acid groups (broad SMARTS) is 1. The fourth-order valence-electron chi connectivity index (χ4n) is 1.90. The van der Waals surface area contributed by atoms with E-state index in [1.54, 1.807) is 5.38 Å². The van der Waals surface area contributed by atoms with E-state index in [0.29, 0.717) is 18.8 Å². The van der Waals surface area contributed by atoms with Gasteiger partial charge in [-0.05, 0) is 25.5 Å². The third-order valence-electron chi connectivity index (χ3n) is 2.85. The summed E-state index contributed by atoms with van der Waals surface area (Å²) in [6.07, 6.45) is -0.0444. The van der Waals surface area contributed by atoms with Gasteiger partial charge in [0.15, 0.2) is 5.13 Å². The number of aryl methyl sites for hydroxylation is 2. The molecule has 0 aliphatic heterocycles. The Morgan fingerprint density at radius 3 is 2.95 bits per heavy atom. The minimum atomic E-state index is -0.870. The zero-order valence-corrected chi connectivity index (χ0v) is 12.9. The number of nitrogens with one attached hydrogen (secondary N) is 1. The molecule has 112 valence electrons. The van der Waals surface area contributed by atoms with Crippen molar-refractivity contribution in [1.29, 1.82) is 0 Å². The average Bonchev–Trinajstić information content (AvgIpc) is 2.83. The molecule has 1 aromatic carbocycles. The van der Waals surface area contributed by atoms with E-state index in [4.69, 9.17) is 9.84 Å². The Hall–Kier alpha value is -2.08. The van der Waals surface area contributed by atoms with Gasteiger partial charge in [-0.15, -0.1) is 11.3 Å². The number of anilines is 1. The number of aliphatic carboxylic acids is 1. The van der Waals surface area contributed by atoms with Crippen LogP contribution >= 0.6 is 11.3 Å². The van der Waals surface area contributed by atoms with Crippen LogP contribution in [0.25, 0.3) is 0 Å². The monoisotopic (exact) mass is 306 g/mol. The van der Waals surface area contributed by atoms with Crippen molar-refractivity contribution in [2.75, 3.05) is 18.5 Å². The summed E-state index contributed by atoms with van der Waals surface area (Å²) >= 11 is 1.40.